The van der Waals surface area contributed by atoms with Crippen LogP contribution in [-0.4, -0.2) is 14.8 Å². The first-order valence-electron chi connectivity index (χ1n) is 8.74. The molecule has 4 aromatic rings. The molecular formula is C21H19FN4O. The van der Waals surface area contributed by atoms with Crippen LogP contribution >= 0.6 is 0 Å². The van der Waals surface area contributed by atoms with Crippen LogP contribution < -0.4 is 10.9 Å². The summed E-state index contributed by atoms with van der Waals surface area (Å²) in [4.78, 5) is 15.5. The number of H-pyrrole nitrogens is 1. The second-order valence-electron chi connectivity index (χ2n) is 6.41. The number of para-hydroxylation sites is 1. The number of aromatic nitrogens is 3. The van der Waals surface area contributed by atoms with Gasteiger partial charge in [-0.05, 0) is 31.2 Å². The van der Waals surface area contributed by atoms with Gasteiger partial charge in [0.1, 0.15) is 11.5 Å². The topological polar surface area (TPSA) is 62.7 Å². The molecule has 0 amide bonds. The van der Waals surface area contributed by atoms with Gasteiger partial charge in [-0.15, -0.1) is 0 Å². The summed E-state index contributed by atoms with van der Waals surface area (Å²) in [6.45, 7) is 2.61. The van der Waals surface area contributed by atoms with Crippen LogP contribution in [0.2, 0.25) is 0 Å². The van der Waals surface area contributed by atoms with Crippen LogP contribution in [0.15, 0.2) is 65.5 Å². The zero-order valence-corrected chi connectivity index (χ0v) is 14.9. The fraction of sp³-hybridized carbons (Fsp3) is 0.143. The van der Waals surface area contributed by atoms with E-state index < -0.39 is 0 Å². The lowest BCUT2D eigenvalue weighted by Crippen LogP contribution is -2.21. The lowest BCUT2D eigenvalue weighted by molar-refractivity contribution is 0.587. The van der Waals surface area contributed by atoms with Gasteiger partial charge in [0.25, 0.3) is 5.56 Å². The van der Waals surface area contributed by atoms with E-state index in [-0.39, 0.29) is 11.4 Å². The number of hydrogen-bond donors (Lipinski definition) is 2. The van der Waals surface area contributed by atoms with Crippen molar-refractivity contribution in [3.05, 3.63) is 93.7 Å². The smallest absolute Gasteiger partial charge is 0.254 e. The summed E-state index contributed by atoms with van der Waals surface area (Å²) >= 11 is 0. The van der Waals surface area contributed by atoms with Gasteiger partial charge < -0.3 is 10.3 Å². The van der Waals surface area contributed by atoms with E-state index in [1.165, 1.54) is 6.07 Å². The highest BCUT2D eigenvalue weighted by molar-refractivity contribution is 5.80. The number of fused-ring (bicyclic) bond motifs is 1. The summed E-state index contributed by atoms with van der Waals surface area (Å²) in [5, 5.41) is 8.58. The average Bonchev–Trinajstić information content (AvgIpc) is 3.00. The van der Waals surface area contributed by atoms with Crippen LogP contribution in [-0.2, 0) is 13.1 Å². The van der Waals surface area contributed by atoms with E-state index in [9.17, 15) is 9.18 Å². The SMILES string of the molecule is Cc1nn(-c2ccccc2)c2[nH]c(=O)c(CNCc3ccccc3F)cc12. The number of aryl methyl sites for hydroxylation is 1. The van der Waals surface area contributed by atoms with Gasteiger partial charge in [-0.1, -0.05) is 36.4 Å². The molecule has 4 rings (SSSR count). The van der Waals surface area contributed by atoms with Gasteiger partial charge >= 0.3 is 0 Å². The molecule has 0 aliphatic heterocycles. The molecule has 0 bridgehead atoms. The number of halogens is 1. The Bertz CT molecular complexity index is 1150. The van der Waals surface area contributed by atoms with E-state index >= 15 is 0 Å². The third-order valence-electron chi connectivity index (χ3n) is 4.54. The van der Waals surface area contributed by atoms with Crippen molar-refractivity contribution < 1.29 is 4.39 Å². The van der Waals surface area contributed by atoms with Crippen molar-refractivity contribution in [2.75, 3.05) is 0 Å². The van der Waals surface area contributed by atoms with Crippen molar-refractivity contribution in [1.82, 2.24) is 20.1 Å². The Morgan fingerprint density at radius 2 is 1.74 bits per heavy atom. The molecular weight excluding hydrogens is 343 g/mol. The standard InChI is InChI=1S/C21H19FN4O/c1-14-18-11-16(13-23-12-15-7-5-6-10-19(15)22)21(27)24-20(18)26(25-14)17-8-3-2-4-9-17/h2-11,23H,12-13H2,1H3,(H,24,27). The van der Waals surface area contributed by atoms with Gasteiger partial charge in [-0.2, -0.15) is 5.10 Å². The van der Waals surface area contributed by atoms with Crippen molar-refractivity contribution in [3.63, 3.8) is 0 Å². The molecule has 6 heteroatoms. The third-order valence-corrected chi connectivity index (χ3v) is 4.54. The fourth-order valence-electron chi connectivity index (χ4n) is 3.12. The molecule has 2 aromatic heterocycles. The maximum Gasteiger partial charge on any atom is 0.254 e. The molecule has 0 saturated heterocycles. The minimum Gasteiger partial charge on any atom is -0.308 e. The second-order valence-corrected chi connectivity index (χ2v) is 6.41. The normalized spacial score (nSPS) is 11.2. The first kappa shape index (κ1) is 17.2. The third kappa shape index (κ3) is 3.39. The molecule has 2 heterocycles. The van der Waals surface area contributed by atoms with E-state index in [1.807, 2.05) is 43.3 Å². The van der Waals surface area contributed by atoms with Gasteiger partial charge in [0.05, 0.1) is 11.4 Å². The molecule has 0 aliphatic rings. The molecule has 0 saturated carbocycles. The minimum atomic E-state index is -0.255. The van der Waals surface area contributed by atoms with Crippen molar-refractivity contribution in [1.29, 1.82) is 0 Å². The Balaban J connectivity index is 1.62. The number of hydrogen-bond acceptors (Lipinski definition) is 3. The first-order valence-corrected chi connectivity index (χ1v) is 8.74. The zero-order chi connectivity index (χ0) is 18.8. The lowest BCUT2D eigenvalue weighted by atomic mass is 10.2. The molecule has 2 aromatic carbocycles. The molecule has 5 nitrogen and oxygen atoms in total. The van der Waals surface area contributed by atoms with Crippen molar-refractivity contribution in [2.24, 2.45) is 0 Å². The Morgan fingerprint density at radius 3 is 2.52 bits per heavy atom. The number of nitrogens with one attached hydrogen (secondary N) is 2. The fourth-order valence-corrected chi connectivity index (χ4v) is 3.12. The number of nitrogens with zero attached hydrogens (tertiary/aromatic N) is 2. The average molecular weight is 362 g/mol. The number of benzene rings is 2. The Morgan fingerprint density at radius 1 is 1.04 bits per heavy atom. The molecule has 0 spiro atoms. The molecule has 0 aliphatic carbocycles. The molecule has 2 N–H and O–H groups in total. The maximum atomic E-state index is 13.7. The lowest BCUT2D eigenvalue weighted by Gasteiger charge is -2.07. The highest BCUT2D eigenvalue weighted by Gasteiger charge is 2.12. The van der Waals surface area contributed by atoms with Crippen LogP contribution in [0.3, 0.4) is 0 Å². The molecule has 0 fully saturated rings. The van der Waals surface area contributed by atoms with Gasteiger partial charge in [0.2, 0.25) is 0 Å². The Labute approximate surface area is 155 Å². The van der Waals surface area contributed by atoms with E-state index in [1.54, 1.807) is 22.9 Å². The second kappa shape index (κ2) is 7.17. The zero-order valence-electron chi connectivity index (χ0n) is 14.9. The largest absolute Gasteiger partial charge is 0.308 e. The summed E-state index contributed by atoms with van der Waals surface area (Å²) < 4.78 is 15.4. The van der Waals surface area contributed by atoms with Crippen molar-refractivity contribution in [2.45, 2.75) is 20.0 Å². The molecule has 27 heavy (non-hydrogen) atoms. The monoisotopic (exact) mass is 362 g/mol. The Hall–Kier alpha value is -3.25. The summed E-state index contributed by atoms with van der Waals surface area (Å²) in [5.41, 5.74) is 3.37. The molecule has 0 radical (unpaired) electrons. The first-order chi connectivity index (χ1) is 13.1. The van der Waals surface area contributed by atoms with Crippen molar-refractivity contribution >= 4 is 11.0 Å². The van der Waals surface area contributed by atoms with Crippen LogP contribution in [0.4, 0.5) is 4.39 Å². The van der Waals surface area contributed by atoms with Crippen molar-refractivity contribution in [3.8, 4) is 5.69 Å². The van der Waals surface area contributed by atoms with Gasteiger partial charge in [0, 0.05) is 29.6 Å². The quantitative estimate of drug-likeness (QED) is 0.572. The summed E-state index contributed by atoms with van der Waals surface area (Å²) in [6, 6.07) is 18.1. The summed E-state index contributed by atoms with van der Waals surface area (Å²) in [7, 11) is 0. The van der Waals surface area contributed by atoms with Crippen LogP contribution in [0.25, 0.3) is 16.7 Å². The molecule has 0 unspecified atom stereocenters. The van der Waals surface area contributed by atoms with Crippen LogP contribution in [0.1, 0.15) is 16.8 Å². The maximum absolute atomic E-state index is 13.7. The van der Waals surface area contributed by atoms with E-state index in [2.05, 4.69) is 15.4 Å². The predicted molar refractivity (Wildman–Crippen MR) is 103 cm³/mol. The highest BCUT2D eigenvalue weighted by atomic mass is 19.1. The number of rotatable bonds is 5. The van der Waals surface area contributed by atoms with E-state index in [0.29, 0.717) is 29.9 Å². The van der Waals surface area contributed by atoms with Crippen LogP contribution in [0, 0.1) is 12.7 Å². The predicted octanol–water partition coefficient (Wildman–Crippen LogP) is 3.45. The number of aromatic amines is 1. The summed E-state index contributed by atoms with van der Waals surface area (Å²) in [5.74, 6) is -0.255. The van der Waals surface area contributed by atoms with Gasteiger partial charge in [-0.25, -0.2) is 9.07 Å². The summed E-state index contributed by atoms with van der Waals surface area (Å²) in [6.07, 6.45) is 0. The number of pyridine rings is 1. The Kier molecular flexibility index (Phi) is 4.56. The molecule has 0 atom stereocenters. The highest BCUT2D eigenvalue weighted by Crippen LogP contribution is 2.19. The molecule has 136 valence electrons. The van der Waals surface area contributed by atoms with Crippen LogP contribution in [0.5, 0.6) is 0 Å². The minimum absolute atomic E-state index is 0.180. The van der Waals surface area contributed by atoms with Gasteiger partial charge in [-0.3, -0.25) is 4.79 Å². The van der Waals surface area contributed by atoms with E-state index in [0.717, 1.165) is 16.8 Å². The van der Waals surface area contributed by atoms with E-state index in [4.69, 9.17) is 0 Å². The van der Waals surface area contributed by atoms with Gasteiger partial charge in [0.15, 0.2) is 0 Å².